The maximum Gasteiger partial charge on any atom is 0.0547 e. The predicted octanol–water partition coefficient (Wildman–Crippen LogP) is 14.1. The van der Waals surface area contributed by atoms with Gasteiger partial charge in [0.15, 0.2) is 0 Å². The van der Waals surface area contributed by atoms with E-state index < -0.39 is 0 Å². The van der Waals surface area contributed by atoms with Gasteiger partial charge in [-0.05, 0) is 75.8 Å². The molecule has 0 N–H and O–H groups in total. The van der Waals surface area contributed by atoms with Crippen molar-refractivity contribution in [2.45, 2.75) is 0 Å². The van der Waals surface area contributed by atoms with Gasteiger partial charge in [-0.1, -0.05) is 103 Å². The molecular formula is C46H25NS2. The number of thiophene rings is 2. The van der Waals surface area contributed by atoms with Crippen LogP contribution in [0.4, 0.5) is 0 Å². The summed E-state index contributed by atoms with van der Waals surface area (Å²) in [6.07, 6.45) is 0. The lowest BCUT2D eigenvalue weighted by molar-refractivity contribution is 1.20. The van der Waals surface area contributed by atoms with Crippen LogP contribution in [-0.2, 0) is 0 Å². The molecular weight excluding hydrogens is 631 g/mol. The van der Waals surface area contributed by atoms with E-state index in [1.807, 2.05) is 22.7 Å². The third kappa shape index (κ3) is 3.43. The molecule has 0 aliphatic carbocycles. The Labute approximate surface area is 288 Å². The van der Waals surface area contributed by atoms with Crippen molar-refractivity contribution in [2.75, 3.05) is 0 Å². The summed E-state index contributed by atoms with van der Waals surface area (Å²) < 4.78 is 7.92. The minimum absolute atomic E-state index is 1.23. The van der Waals surface area contributed by atoms with Gasteiger partial charge < -0.3 is 4.57 Å². The van der Waals surface area contributed by atoms with Crippen LogP contribution >= 0.6 is 22.7 Å². The number of para-hydroxylation sites is 1. The number of fused-ring (bicyclic) bond motifs is 11. The molecule has 9 aromatic carbocycles. The normalized spacial score (nSPS) is 12.5. The molecule has 3 heteroatoms. The molecule has 0 bridgehead atoms. The molecule has 0 fully saturated rings. The summed E-state index contributed by atoms with van der Waals surface area (Å²) in [6, 6.07) is 56.8. The third-order valence-corrected chi connectivity index (χ3v) is 13.1. The Hall–Kier alpha value is -5.74. The Balaban J connectivity index is 1.16. The molecule has 12 rings (SSSR count). The summed E-state index contributed by atoms with van der Waals surface area (Å²) in [4.78, 5) is 0. The molecule has 0 aliphatic heterocycles. The van der Waals surface area contributed by atoms with E-state index in [0.29, 0.717) is 0 Å². The predicted molar refractivity (Wildman–Crippen MR) is 216 cm³/mol. The Morgan fingerprint density at radius 1 is 0.347 bits per heavy atom. The van der Waals surface area contributed by atoms with Crippen LogP contribution in [-0.4, -0.2) is 4.57 Å². The molecule has 0 atom stereocenters. The molecule has 0 aliphatic rings. The van der Waals surface area contributed by atoms with Crippen LogP contribution in [0.1, 0.15) is 0 Å². The summed E-state index contributed by atoms with van der Waals surface area (Å²) in [5.41, 5.74) is 6.19. The second-order valence-corrected chi connectivity index (χ2v) is 15.4. The lowest BCUT2D eigenvalue weighted by Crippen LogP contribution is -1.97. The van der Waals surface area contributed by atoms with Crippen molar-refractivity contribution in [3.8, 4) is 16.8 Å². The van der Waals surface area contributed by atoms with Crippen molar-refractivity contribution in [1.82, 2.24) is 4.57 Å². The van der Waals surface area contributed by atoms with Crippen LogP contribution in [0.2, 0.25) is 0 Å². The molecule has 49 heavy (non-hydrogen) atoms. The molecule has 226 valence electrons. The van der Waals surface area contributed by atoms with Crippen molar-refractivity contribution in [1.29, 1.82) is 0 Å². The molecule has 0 unspecified atom stereocenters. The highest BCUT2D eigenvalue weighted by Gasteiger charge is 2.21. The van der Waals surface area contributed by atoms with E-state index in [0.717, 1.165) is 0 Å². The topological polar surface area (TPSA) is 4.93 Å². The molecule has 0 radical (unpaired) electrons. The highest BCUT2D eigenvalue weighted by Crippen LogP contribution is 2.49. The molecule has 0 amide bonds. The first-order valence-corrected chi connectivity index (χ1v) is 18.4. The molecule has 0 saturated heterocycles. The SMILES string of the molecule is c1ccc2c(c1)sc1ccc(-c3ccc4c(c3)c3ccccc3n4-c3cc4cccc5c6c7ccccc7sc6c6cccc3c6c45)cc12. The second kappa shape index (κ2) is 9.45. The Bertz CT molecular complexity index is 3340. The smallest absolute Gasteiger partial charge is 0.0547 e. The van der Waals surface area contributed by atoms with Gasteiger partial charge in [-0.3, -0.25) is 0 Å². The zero-order chi connectivity index (χ0) is 31.8. The number of hydrogen-bond acceptors (Lipinski definition) is 2. The van der Waals surface area contributed by atoms with E-state index in [2.05, 4.69) is 156 Å². The summed E-state index contributed by atoms with van der Waals surface area (Å²) in [5, 5.41) is 16.0. The summed E-state index contributed by atoms with van der Waals surface area (Å²) >= 11 is 3.80. The van der Waals surface area contributed by atoms with Gasteiger partial charge in [0.2, 0.25) is 0 Å². The Morgan fingerprint density at radius 3 is 1.88 bits per heavy atom. The summed E-state index contributed by atoms with van der Waals surface area (Å²) in [5.74, 6) is 0. The largest absolute Gasteiger partial charge is 0.309 e. The van der Waals surface area contributed by atoms with E-state index in [4.69, 9.17) is 0 Å². The van der Waals surface area contributed by atoms with E-state index in [9.17, 15) is 0 Å². The average molecular weight is 656 g/mol. The van der Waals surface area contributed by atoms with Crippen LogP contribution in [0, 0.1) is 0 Å². The summed E-state index contributed by atoms with van der Waals surface area (Å²) in [6.45, 7) is 0. The lowest BCUT2D eigenvalue weighted by Gasteiger charge is -2.18. The monoisotopic (exact) mass is 655 g/mol. The molecule has 0 spiro atoms. The van der Waals surface area contributed by atoms with Gasteiger partial charge in [0.05, 0.1) is 16.7 Å². The van der Waals surface area contributed by atoms with Crippen LogP contribution in [0.5, 0.6) is 0 Å². The Morgan fingerprint density at radius 2 is 0.980 bits per heavy atom. The first kappa shape index (κ1) is 26.2. The van der Waals surface area contributed by atoms with Crippen molar-refractivity contribution < 1.29 is 0 Å². The Kier molecular flexibility index (Phi) is 5.06. The van der Waals surface area contributed by atoms with Gasteiger partial charge in [-0.2, -0.15) is 0 Å². The van der Waals surface area contributed by atoms with Gasteiger partial charge in [0, 0.05) is 67.3 Å². The second-order valence-electron chi connectivity index (χ2n) is 13.2. The highest BCUT2D eigenvalue weighted by atomic mass is 32.1. The summed E-state index contributed by atoms with van der Waals surface area (Å²) in [7, 11) is 0. The highest BCUT2D eigenvalue weighted by molar-refractivity contribution is 7.27. The zero-order valence-electron chi connectivity index (χ0n) is 26.2. The van der Waals surface area contributed by atoms with Gasteiger partial charge in [0.1, 0.15) is 0 Å². The van der Waals surface area contributed by atoms with Crippen molar-refractivity contribution in [3.63, 3.8) is 0 Å². The fraction of sp³-hybridized carbons (Fsp3) is 0. The molecule has 12 aromatic rings. The van der Waals surface area contributed by atoms with Gasteiger partial charge in [-0.25, -0.2) is 0 Å². The average Bonchev–Trinajstić information content (AvgIpc) is 3.83. The van der Waals surface area contributed by atoms with Gasteiger partial charge in [-0.15, -0.1) is 22.7 Å². The minimum atomic E-state index is 1.23. The minimum Gasteiger partial charge on any atom is -0.309 e. The number of benzene rings is 9. The molecule has 3 aromatic heterocycles. The maximum atomic E-state index is 2.51. The maximum absolute atomic E-state index is 2.51. The third-order valence-electron chi connectivity index (χ3n) is 10.7. The van der Waals surface area contributed by atoms with E-state index in [1.165, 1.54) is 111 Å². The van der Waals surface area contributed by atoms with Crippen LogP contribution in [0.15, 0.2) is 152 Å². The standard InChI is InChI=1S/C46H25NS2/c1-4-16-37-29(10-1)35-23-26(27-20-22-42-36(24-27)30-11-2-5-17-40(30)48-42)19-21-38(35)47(37)39-25-28-9-7-14-33-43(28)44-31(39)13-8-15-34(44)46-45(33)32-12-3-6-18-41(32)49-46/h1-25H. The van der Waals surface area contributed by atoms with E-state index in [-0.39, 0.29) is 0 Å². The molecule has 3 heterocycles. The van der Waals surface area contributed by atoms with Crippen LogP contribution < -0.4 is 0 Å². The fourth-order valence-electron chi connectivity index (χ4n) is 8.63. The van der Waals surface area contributed by atoms with Gasteiger partial charge >= 0.3 is 0 Å². The molecule has 1 nitrogen and oxygen atoms in total. The van der Waals surface area contributed by atoms with E-state index >= 15 is 0 Å². The van der Waals surface area contributed by atoms with Crippen LogP contribution in [0.3, 0.4) is 0 Å². The van der Waals surface area contributed by atoms with Crippen molar-refractivity contribution in [2.24, 2.45) is 0 Å². The number of hydrogen-bond donors (Lipinski definition) is 0. The number of rotatable bonds is 2. The van der Waals surface area contributed by atoms with Gasteiger partial charge in [0.25, 0.3) is 0 Å². The fourth-order valence-corrected chi connectivity index (χ4v) is 11.0. The quantitative estimate of drug-likeness (QED) is 0.163. The van der Waals surface area contributed by atoms with Crippen molar-refractivity contribution in [3.05, 3.63) is 152 Å². The van der Waals surface area contributed by atoms with E-state index in [1.54, 1.807) is 0 Å². The zero-order valence-corrected chi connectivity index (χ0v) is 27.8. The number of aromatic nitrogens is 1. The lowest BCUT2D eigenvalue weighted by atomic mass is 9.90. The number of nitrogens with zero attached hydrogens (tertiary/aromatic N) is 1. The molecule has 0 saturated carbocycles. The van der Waals surface area contributed by atoms with Crippen LogP contribution in [0.25, 0.3) is 111 Å². The van der Waals surface area contributed by atoms with Crippen molar-refractivity contribution >= 4 is 117 Å². The first-order chi connectivity index (χ1) is 24.3. The first-order valence-electron chi connectivity index (χ1n) is 16.8.